The van der Waals surface area contributed by atoms with E-state index in [9.17, 15) is 4.79 Å². The van der Waals surface area contributed by atoms with Crippen molar-refractivity contribution in [3.05, 3.63) is 16.1 Å². The van der Waals surface area contributed by atoms with Gasteiger partial charge in [0.05, 0.1) is 17.2 Å². The van der Waals surface area contributed by atoms with Crippen molar-refractivity contribution in [1.82, 2.24) is 9.88 Å². The first-order chi connectivity index (χ1) is 8.76. The van der Waals surface area contributed by atoms with Crippen molar-refractivity contribution >= 4 is 17.2 Å². The van der Waals surface area contributed by atoms with Crippen molar-refractivity contribution in [3.8, 4) is 0 Å². The Balaban J connectivity index is 1.69. The van der Waals surface area contributed by atoms with Gasteiger partial charge in [0.25, 0.3) is 5.91 Å². The Morgan fingerprint density at radius 1 is 1.50 bits per heavy atom. The molecule has 1 aromatic heterocycles. The summed E-state index contributed by atoms with van der Waals surface area (Å²) in [5, 5.41) is 2.78. The Labute approximate surface area is 110 Å². The van der Waals surface area contributed by atoms with E-state index in [0.29, 0.717) is 25.3 Å². The molecule has 1 amide bonds. The fourth-order valence-corrected chi connectivity index (χ4v) is 3.38. The minimum atomic E-state index is 0.0368. The molecule has 2 aliphatic heterocycles. The van der Waals surface area contributed by atoms with E-state index in [1.807, 2.05) is 10.3 Å². The van der Waals surface area contributed by atoms with E-state index in [2.05, 4.69) is 4.98 Å². The topological polar surface area (TPSA) is 68.5 Å². The van der Waals surface area contributed by atoms with Gasteiger partial charge in [-0.25, -0.2) is 4.98 Å². The van der Waals surface area contributed by atoms with E-state index in [1.54, 1.807) is 0 Å². The Morgan fingerprint density at radius 3 is 2.89 bits per heavy atom. The van der Waals surface area contributed by atoms with Gasteiger partial charge in [-0.05, 0) is 19.4 Å². The maximum Gasteiger partial charge on any atom is 0.273 e. The molecule has 2 fully saturated rings. The largest absolute Gasteiger partial charge is 0.371 e. The van der Waals surface area contributed by atoms with E-state index >= 15 is 0 Å². The van der Waals surface area contributed by atoms with Crippen molar-refractivity contribution in [3.63, 3.8) is 0 Å². The van der Waals surface area contributed by atoms with Crippen molar-refractivity contribution in [2.45, 2.75) is 31.5 Å². The molecule has 2 saturated heterocycles. The van der Waals surface area contributed by atoms with Crippen LogP contribution in [0.15, 0.2) is 5.38 Å². The summed E-state index contributed by atoms with van der Waals surface area (Å²) >= 11 is 1.51. The van der Waals surface area contributed by atoms with Crippen LogP contribution in [0.3, 0.4) is 0 Å². The highest BCUT2D eigenvalue weighted by atomic mass is 32.1. The molecule has 1 aromatic rings. The van der Waals surface area contributed by atoms with Gasteiger partial charge in [0, 0.05) is 24.9 Å². The summed E-state index contributed by atoms with van der Waals surface area (Å²) in [7, 11) is 0. The highest BCUT2D eigenvalue weighted by molar-refractivity contribution is 7.09. The molecule has 98 valence electrons. The maximum absolute atomic E-state index is 12.3. The van der Waals surface area contributed by atoms with Crippen LogP contribution >= 0.6 is 11.3 Å². The highest BCUT2D eigenvalue weighted by Crippen LogP contribution is 2.27. The molecular formula is C12H17N3O2S. The van der Waals surface area contributed by atoms with Gasteiger partial charge in [-0.3, -0.25) is 4.79 Å². The van der Waals surface area contributed by atoms with E-state index in [-0.39, 0.29) is 18.1 Å². The van der Waals surface area contributed by atoms with Crippen LogP contribution in [-0.2, 0) is 11.2 Å². The molecule has 5 nitrogen and oxygen atoms in total. The van der Waals surface area contributed by atoms with Crippen molar-refractivity contribution < 1.29 is 9.53 Å². The van der Waals surface area contributed by atoms with Crippen LogP contribution in [0, 0.1) is 0 Å². The van der Waals surface area contributed by atoms with Gasteiger partial charge in [-0.2, -0.15) is 0 Å². The predicted molar refractivity (Wildman–Crippen MR) is 68.7 cm³/mol. The summed E-state index contributed by atoms with van der Waals surface area (Å²) in [5.41, 5.74) is 6.05. The first kappa shape index (κ1) is 12.1. The zero-order valence-electron chi connectivity index (χ0n) is 10.2. The number of nitrogens with zero attached hydrogens (tertiary/aromatic N) is 2. The first-order valence-electron chi connectivity index (χ1n) is 6.35. The summed E-state index contributed by atoms with van der Waals surface area (Å²) in [6, 6.07) is 0. The van der Waals surface area contributed by atoms with E-state index in [0.717, 1.165) is 24.3 Å². The Hall–Kier alpha value is -0.980. The molecule has 3 heterocycles. The molecule has 2 atom stereocenters. The number of fused-ring (bicyclic) bond motifs is 2. The van der Waals surface area contributed by atoms with Gasteiger partial charge in [0.1, 0.15) is 5.69 Å². The van der Waals surface area contributed by atoms with Crippen LogP contribution in [0.25, 0.3) is 0 Å². The average Bonchev–Trinajstić information content (AvgIpc) is 2.96. The Kier molecular flexibility index (Phi) is 3.32. The number of carbonyl (C=O) groups excluding carboxylic acids is 1. The van der Waals surface area contributed by atoms with E-state index < -0.39 is 0 Å². The number of carbonyl (C=O) groups is 1. The third kappa shape index (κ3) is 2.28. The molecule has 2 unspecified atom stereocenters. The predicted octanol–water partition coefficient (Wildman–Crippen LogP) is 0.648. The normalized spacial score (nSPS) is 26.6. The summed E-state index contributed by atoms with van der Waals surface area (Å²) in [6.45, 7) is 1.99. The fraction of sp³-hybridized carbons (Fsp3) is 0.667. The third-order valence-corrected chi connectivity index (χ3v) is 4.37. The second kappa shape index (κ2) is 4.95. The van der Waals surface area contributed by atoms with Crippen molar-refractivity contribution in [2.24, 2.45) is 5.73 Å². The number of hydrogen-bond donors (Lipinski definition) is 1. The minimum absolute atomic E-state index is 0.0368. The van der Waals surface area contributed by atoms with Gasteiger partial charge in [-0.15, -0.1) is 11.3 Å². The summed E-state index contributed by atoms with van der Waals surface area (Å²) < 4.78 is 5.73. The molecule has 0 spiro atoms. The van der Waals surface area contributed by atoms with Crippen molar-refractivity contribution in [1.29, 1.82) is 0 Å². The number of aromatic nitrogens is 1. The third-order valence-electron chi connectivity index (χ3n) is 3.46. The standard InChI is InChI=1S/C12H17N3O2S/c13-4-3-11-14-10(7-18-11)12(16)15-5-8-1-2-9(6-15)17-8/h7-9H,1-6,13H2. The Bertz CT molecular complexity index is 436. The molecule has 2 N–H and O–H groups in total. The molecule has 18 heavy (non-hydrogen) atoms. The van der Waals surface area contributed by atoms with Crippen molar-refractivity contribution in [2.75, 3.05) is 19.6 Å². The van der Waals surface area contributed by atoms with Crippen LogP contribution in [0.4, 0.5) is 0 Å². The number of nitrogens with two attached hydrogens (primary N) is 1. The number of rotatable bonds is 3. The lowest BCUT2D eigenvalue weighted by Gasteiger charge is -2.31. The summed E-state index contributed by atoms with van der Waals surface area (Å²) in [5.74, 6) is 0.0368. The maximum atomic E-state index is 12.3. The molecule has 3 rings (SSSR count). The molecule has 0 saturated carbocycles. The van der Waals surface area contributed by atoms with Crippen LogP contribution in [-0.4, -0.2) is 47.6 Å². The van der Waals surface area contributed by atoms with Crippen LogP contribution in [0.1, 0.15) is 28.3 Å². The van der Waals surface area contributed by atoms with Gasteiger partial charge in [0.15, 0.2) is 0 Å². The van der Waals surface area contributed by atoms with Gasteiger partial charge in [0.2, 0.25) is 0 Å². The van der Waals surface area contributed by atoms with E-state index in [4.69, 9.17) is 10.5 Å². The summed E-state index contributed by atoms with van der Waals surface area (Å²) in [6.07, 6.45) is 3.35. The monoisotopic (exact) mass is 267 g/mol. The zero-order chi connectivity index (χ0) is 12.5. The lowest BCUT2D eigenvalue weighted by Crippen LogP contribution is -2.45. The number of ether oxygens (including phenoxy) is 1. The fourth-order valence-electron chi connectivity index (χ4n) is 2.59. The number of hydrogen-bond acceptors (Lipinski definition) is 5. The molecule has 0 radical (unpaired) electrons. The van der Waals surface area contributed by atoms with Crippen LogP contribution in [0.5, 0.6) is 0 Å². The second-order valence-electron chi connectivity index (χ2n) is 4.83. The number of likely N-dealkylation sites (tertiary alicyclic amines) is 1. The Morgan fingerprint density at radius 2 is 2.22 bits per heavy atom. The highest BCUT2D eigenvalue weighted by Gasteiger charge is 2.36. The molecule has 0 aliphatic carbocycles. The summed E-state index contributed by atoms with van der Waals surface area (Å²) in [4.78, 5) is 18.6. The second-order valence-corrected chi connectivity index (χ2v) is 5.78. The van der Waals surface area contributed by atoms with Gasteiger partial charge < -0.3 is 15.4 Å². The van der Waals surface area contributed by atoms with Crippen LogP contribution in [0.2, 0.25) is 0 Å². The average molecular weight is 267 g/mol. The van der Waals surface area contributed by atoms with E-state index in [1.165, 1.54) is 11.3 Å². The smallest absolute Gasteiger partial charge is 0.273 e. The first-order valence-corrected chi connectivity index (χ1v) is 7.23. The lowest BCUT2D eigenvalue weighted by molar-refractivity contribution is -0.0305. The lowest BCUT2D eigenvalue weighted by atomic mass is 10.2. The quantitative estimate of drug-likeness (QED) is 0.873. The number of morpholine rings is 1. The molecular weight excluding hydrogens is 250 g/mol. The van der Waals surface area contributed by atoms with Gasteiger partial charge in [-0.1, -0.05) is 0 Å². The zero-order valence-corrected chi connectivity index (χ0v) is 11.0. The van der Waals surface area contributed by atoms with Gasteiger partial charge >= 0.3 is 0 Å². The number of amides is 1. The molecule has 2 aliphatic rings. The minimum Gasteiger partial charge on any atom is -0.371 e. The SMILES string of the molecule is NCCc1nc(C(=O)N2CC3CCC(C2)O3)cs1. The molecule has 0 aromatic carbocycles. The number of thiazole rings is 1. The van der Waals surface area contributed by atoms with Crippen LogP contribution < -0.4 is 5.73 Å². The molecule has 2 bridgehead atoms. The molecule has 6 heteroatoms.